The Hall–Kier alpha value is -3.83. The van der Waals surface area contributed by atoms with Crippen molar-refractivity contribution in [2.75, 3.05) is 10.6 Å². The van der Waals surface area contributed by atoms with Gasteiger partial charge < -0.3 is 16.4 Å². The van der Waals surface area contributed by atoms with Gasteiger partial charge in [-0.15, -0.1) is 0 Å². The molecule has 0 unspecified atom stereocenters. The van der Waals surface area contributed by atoms with Crippen LogP contribution in [0.4, 0.5) is 30.8 Å². The number of alkyl halides is 3. The van der Waals surface area contributed by atoms with E-state index in [2.05, 4.69) is 35.6 Å². The highest BCUT2D eigenvalue weighted by atomic mass is 19.4. The van der Waals surface area contributed by atoms with Crippen LogP contribution in [-0.2, 0) is 17.4 Å². The maximum atomic E-state index is 12.9. The molecule has 162 valence electrons. The monoisotopic (exact) mass is 432 g/mol. The molecular formula is C19H19F3N8O. The van der Waals surface area contributed by atoms with Crippen molar-refractivity contribution in [2.24, 2.45) is 5.73 Å². The highest BCUT2D eigenvalue weighted by molar-refractivity contribution is 5.76. The first-order valence-electron chi connectivity index (χ1n) is 9.17. The van der Waals surface area contributed by atoms with Gasteiger partial charge >= 0.3 is 6.18 Å². The number of carbonyl (C=O) groups excluding carboxylic acids is 1. The molecule has 3 heterocycles. The van der Waals surface area contributed by atoms with Gasteiger partial charge in [0, 0.05) is 17.9 Å². The minimum atomic E-state index is -4.59. The van der Waals surface area contributed by atoms with E-state index < -0.39 is 17.8 Å². The minimum absolute atomic E-state index is 0.00887. The van der Waals surface area contributed by atoms with Gasteiger partial charge in [-0.1, -0.05) is 6.07 Å². The van der Waals surface area contributed by atoms with Gasteiger partial charge in [0.2, 0.25) is 17.8 Å². The molecule has 0 bridgehead atoms. The first kappa shape index (κ1) is 21.9. The molecule has 0 spiro atoms. The summed E-state index contributed by atoms with van der Waals surface area (Å²) < 4.78 is 38.8. The fourth-order valence-electron chi connectivity index (χ4n) is 2.54. The van der Waals surface area contributed by atoms with E-state index in [0.29, 0.717) is 11.4 Å². The number of carbonyl (C=O) groups is 1. The predicted molar refractivity (Wildman–Crippen MR) is 107 cm³/mol. The van der Waals surface area contributed by atoms with Crippen LogP contribution in [0.15, 0.2) is 36.5 Å². The van der Waals surface area contributed by atoms with Crippen LogP contribution in [0.1, 0.15) is 25.2 Å². The number of nitrogens with one attached hydrogen (secondary N) is 2. The van der Waals surface area contributed by atoms with Gasteiger partial charge in [-0.3, -0.25) is 9.78 Å². The van der Waals surface area contributed by atoms with Gasteiger partial charge in [0.15, 0.2) is 5.82 Å². The Labute approximate surface area is 175 Å². The molecule has 0 aliphatic heterocycles. The largest absolute Gasteiger partial charge is 0.433 e. The smallest absolute Gasteiger partial charge is 0.369 e. The molecule has 3 aromatic heterocycles. The summed E-state index contributed by atoms with van der Waals surface area (Å²) in [6.07, 6.45) is -3.61. The number of pyridine rings is 2. The Bertz CT molecular complexity index is 1090. The number of hydrogen-bond acceptors (Lipinski definition) is 8. The molecule has 0 fully saturated rings. The Morgan fingerprint density at radius 1 is 1.10 bits per heavy atom. The zero-order chi connectivity index (χ0) is 22.6. The fourth-order valence-corrected chi connectivity index (χ4v) is 2.54. The molecule has 0 saturated heterocycles. The predicted octanol–water partition coefficient (Wildman–Crippen LogP) is 2.94. The summed E-state index contributed by atoms with van der Waals surface area (Å²) in [5.41, 5.74) is 5.06. The number of aromatic nitrogens is 5. The quantitative estimate of drug-likeness (QED) is 0.519. The topological polar surface area (TPSA) is 132 Å². The maximum Gasteiger partial charge on any atom is 0.433 e. The summed E-state index contributed by atoms with van der Waals surface area (Å²) in [6.45, 7) is 3.75. The van der Waals surface area contributed by atoms with Crippen LogP contribution in [-0.4, -0.2) is 36.9 Å². The van der Waals surface area contributed by atoms with E-state index in [1.165, 1.54) is 6.07 Å². The highest BCUT2D eigenvalue weighted by Gasteiger charge is 2.32. The third-order valence-corrected chi connectivity index (χ3v) is 3.75. The van der Waals surface area contributed by atoms with E-state index in [-0.39, 0.29) is 35.9 Å². The van der Waals surface area contributed by atoms with E-state index in [4.69, 9.17) is 5.73 Å². The highest BCUT2D eigenvalue weighted by Crippen LogP contribution is 2.29. The molecule has 9 nitrogen and oxygen atoms in total. The van der Waals surface area contributed by atoms with E-state index in [1.807, 2.05) is 13.8 Å². The molecule has 12 heteroatoms. The molecule has 0 atom stereocenters. The Morgan fingerprint density at radius 3 is 2.52 bits per heavy atom. The number of amides is 1. The molecule has 0 aliphatic rings. The molecule has 0 aromatic carbocycles. The molecular weight excluding hydrogens is 413 g/mol. The van der Waals surface area contributed by atoms with Crippen LogP contribution < -0.4 is 16.4 Å². The minimum Gasteiger partial charge on any atom is -0.369 e. The van der Waals surface area contributed by atoms with Crippen LogP contribution >= 0.6 is 0 Å². The number of primary amides is 1. The third kappa shape index (κ3) is 6.07. The summed E-state index contributed by atoms with van der Waals surface area (Å²) >= 11 is 0. The second-order valence-electron chi connectivity index (χ2n) is 6.82. The second-order valence-corrected chi connectivity index (χ2v) is 6.82. The molecule has 3 aromatic rings. The molecule has 0 saturated carbocycles. The summed E-state index contributed by atoms with van der Waals surface area (Å²) in [4.78, 5) is 31.6. The van der Waals surface area contributed by atoms with Crippen molar-refractivity contribution >= 4 is 23.5 Å². The van der Waals surface area contributed by atoms with E-state index in [9.17, 15) is 18.0 Å². The van der Waals surface area contributed by atoms with E-state index >= 15 is 0 Å². The van der Waals surface area contributed by atoms with Crippen molar-refractivity contribution < 1.29 is 18.0 Å². The van der Waals surface area contributed by atoms with Gasteiger partial charge in [0.05, 0.1) is 12.1 Å². The zero-order valence-corrected chi connectivity index (χ0v) is 16.6. The zero-order valence-electron chi connectivity index (χ0n) is 16.6. The Kier molecular flexibility index (Phi) is 6.28. The number of nitrogens with zero attached hydrogens (tertiary/aromatic N) is 5. The van der Waals surface area contributed by atoms with Gasteiger partial charge in [-0.25, -0.2) is 4.98 Å². The summed E-state index contributed by atoms with van der Waals surface area (Å²) in [7, 11) is 0. The van der Waals surface area contributed by atoms with Crippen LogP contribution in [0.25, 0.3) is 11.5 Å². The second kappa shape index (κ2) is 8.90. The normalized spacial score (nSPS) is 11.4. The van der Waals surface area contributed by atoms with Gasteiger partial charge in [0.1, 0.15) is 11.4 Å². The van der Waals surface area contributed by atoms with E-state index in [1.54, 1.807) is 18.2 Å². The van der Waals surface area contributed by atoms with Gasteiger partial charge in [-0.2, -0.15) is 28.1 Å². The molecule has 4 N–H and O–H groups in total. The number of rotatable bonds is 7. The van der Waals surface area contributed by atoms with Crippen LogP contribution in [0.2, 0.25) is 0 Å². The number of anilines is 3. The molecule has 3 rings (SSSR count). The average Bonchev–Trinajstić information content (AvgIpc) is 2.66. The molecule has 0 aliphatic carbocycles. The van der Waals surface area contributed by atoms with Gasteiger partial charge in [-0.05, 0) is 38.1 Å². The van der Waals surface area contributed by atoms with Crippen molar-refractivity contribution in [1.29, 1.82) is 0 Å². The molecule has 0 radical (unpaired) electrons. The Morgan fingerprint density at radius 2 is 1.84 bits per heavy atom. The first-order valence-corrected chi connectivity index (χ1v) is 9.17. The van der Waals surface area contributed by atoms with Crippen LogP contribution in [0, 0.1) is 0 Å². The summed E-state index contributed by atoms with van der Waals surface area (Å²) in [5.74, 6) is -0.163. The van der Waals surface area contributed by atoms with Crippen molar-refractivity contribution in [3.8, 4) is 11.5 Å². The summed E-state index contributed by atoms with van der Waals surface area (Å²) in [5, 5.41) is 5.77. The van der Waals surface area contributed by atoms with Crippen LogP contribution in [0.5, 0.6) is 0 Å². The van der Waals surface area contributed by atoms with Gasteiger partial charge in [0.25, 0.3) is 0 Å². The lowest BCUT2D eigenvalue weighted by Gasteiger charge is -2.13. The first-order chi connectivity index (χ1) is 14.6. The average molecular weight is 432 g/mol. The van der Waals surface area contributed by atoms with E-state index in [0.717, 1.165) is 12.3 Å². The lowest BCUT2D eigenvalue weighted by atomic mass is 10.2. The lowest BCUT2D eigenvalue weighted by molar-refractivity contribution is -0.141. The lowest BCUT2D eigenvalue weighted by Crippen LogP contribution is -2.16. The van der Waals surface area contributed by atoms with Crippen molar-refractivity contribution in [3.63, 3.8) is 0 Å². The van der Waals surface area contributed by atoms with Crippen LogP contribution in [0.3, 0.4) is 0 Å². The van der Waals surface area contributed by atoms with Crippen molar-refractivity contribution in [1.82, 2.24) is 24.9 Å². The number of halogens is 3. The van der Waals surface area contributed by atoms with Crippen molar-refractivity contribution in [3.05, 3.63) is 47.9 Å². The Balaban J connectivity index is 1.99. The summed E-state index contributed by atoms with van der Waals surface area (Å²) in [6, 6.07) is 7.14. The number of nitrogens with two attached hydrogens (primary N) is 1. The third-order valence-electron chi connectivity index (χ3n) is 3.75. The number of hydrogen-bond donors (Lipinski definition) is 3. The SMILES string of the molecule is CC(C)Nc1nc(Nc2ccnc(C(F)(F)F)c2)nc(-c2cccc(CC(N)=O)n2)n1. The fraction of sp³-hybridized carbons (Fsp3) is 0.263. The standard InChI is InChI=1S/C19H19F3N8O/c1-10(2)25-17-28-16(13-5-3-4-11(26-13)9-15(23)31)29-18(30-17)27-12-6-7-24-14(8-12)19(20,21)22/h3-8,10H,9H2,1-2H3,(H2,23,31)(H2,24,25,27,28,29,30). The van der Waals surface area contributed by atoms with Crippen molar-refractivity contribution in [2.45, 2.75) is 32.5 Å². The molecule has 31 heavy (non-hydrogen) atoms. The molecule has 1 amide bonds. The maximum absolute atomic E-state index is 12.9.